The van der Waals surface area contributed by atoms with Gasteiger partial charge in [0.25, 0.3) is 0 Å². The first kappa shape index (κ1) is 22.4. The third-order valence-corrected chi connectivity index (χ3v) is 6.78. The summed E-state index contributed by atoms with van der Waals surface area (Å²) in [6, 6.07) is 18.2. The fourth-order valence-electron chi connectivity index (χ4n) is 4.92. The first-order valence-corrected chi connectivity index (χ1v) is 12.0. The molecule has 0 saturated heterocycles. The summed E-state index contributed by atoms with van der Waals surface area (Å²) < 4.78 is 33.4. The van der Waals surface area contributed by atoms with E-state index in [0.717, 1.165) is 0 Å². The molecule has 0 bridgehead atoms. The lowest BCUT2D eigenvalue weighted by atomic mass is 9.84. The number of benzene rings is 3. The highest BCUT2D eigenvalue weighted by atomic mass is 35.5. The molecule has 7 rings (SSSR count). The lowest BCUT2D eigenvalue weighted by Crippen LogP contribution is -2.22. The second-order valence-electron chi connectivity index (χ2n) is 8.73. The molecule has 1 atom stereocenters. The highest BCUT2D eigenvalue weighted by molar-refractivity contribution is 6.30. The van der Waals surface area contributed by atoms with Gasteiger partial charge in [-0.1, -0.05) is 35.9 Å². The summed E-state index contributed by atoms with van der Waals surface area (Å²) >= 11 is 6.25. The highest BCUT2D eigenvalue weighted by Gasteiger charge is 2.37. The summed E-state index contributed by atoms with van der Waals surface area (Å²) in [5.41, 5.74) is 1.91. The predicted molar refractivity (Wildman–Crippen MR) is 138 cm³/mol. The molecular formula is C28H16ClFN4O4. The number of hydrogen-bond acceptors (Lipinski definition) is 7. The van der Waals surface area contributed by atoms with E-state index in [4.69, 9.17) is 30.5 Å². The van der Waals surface area contributed by atoms with Crippen LogP contribution in [0.3, 0.4) is 0 Å². The zero-order valence-corrected chi connectivity index (χ0v) is 20.4. The van der Waals surface area contributed by atoms with E-state index in [-0.39, 0.29) is 11.4 Å². The quantitative estimate of drug-likeness (QED) is 0.261. The van der Waals surface area contributed by atoms with Crippen molar-refractivity contribution in [3.05, 3.63) is 111 Å². The van der Waals surface area contributed by atoms with Crippen LogP contribution in [0.1, 0.15) is 22.6 Å². The zero-order chi connectivity index (χ0) is 26.0. The van der Waals surface area contributed by atoms with Crippen LogP contribution >= 0.6 is 11.6 Å². The Morgan fingerprint density at radius 3 is 2.76 bits per heavy atom. The molecule has 3 aromatic heterocycles. The van der Waals surface area contributed by atoms with Crippen LogP contribution in [0.25, 0.3) is 28.0 Å². The Balaban J connectivity index is 1.55. The molecule has 0 spiro atoms. The number of para-hydroxylation sites is 1. The van der Waals surface area contributed by atoms with Gasteiger partial charge in [-0.15, -0.1) is 5.10 Å². The number of methoxy groups -OCH3 is 1. The van der Waals surface area contributed by atoms with Gasteiger partial charge in [-0.05, 0) is 48.0 Å². The fourth-order valence-corrected chi connectivity index (χ4v) is 5.09. The number of aromatic nitrogens is 4. The number of fused-ring (bicyclic) bond motifs is 6. The number of halogens is 2. The van der Waals surface area contributed by atoms with Gasteiger partial charge in [0, 0.05) is 5.02 Å². The molecule has 0 fully saturated rings. The molecule has 0 saturated carbocycles. The van der Waals surface area contributed by atoms with E-state index in [1.807, 2.05) is 6.07 Å². The van der Waals surface area contributed by atoms with Crippen molar-refractivity contribution in [1.82, 2.24) is 19.6 Å². The normalized spacial score (nSPS) is 14.2. The van der Waals surface area contributed by atoms with Crippen molar-refractivity contribution in [2.45, 2.75) is 5.92 Å². The van der Waals surface area contributed by atoms with Gasteiger partial charge in [0.2, 0.25) is 5.88 Å². The average molecular weight is 527 g/mol. The average Bonchev–Trinajstić information content (AvgIpc) is 3.36. The molecule has 0 radical (unpaired) electrons. The van der Waals surface area contributed by atoms with Crippen molar-refractivity contribution in [2.24, 2.45) is 0 Å². The second-order valence-corrected chi connectivity index (χ2v) is 9.17. The van der Waals surface area contributed by atoms with Crippen molar-refractivity contribution < 1.29 is 18.3 Å². The molecule has 8 nitrogen and oxygen atoms in total. The molecule has 38 heavy (non-hydrogen) atoms. The minimum absolute atomic E-state index is 0.224. The predicted octanol–water partition coefficient (Wildman–Crippen LogP) is 5.98. The first-order chi connectivity index (χ1) is 18.5. The minimum Gasteiger partial charge on any atom is -0.496 e. The van der Waals surface area contributed by atoms with E-state index in [0.29, 0.717) is 55.7 Å². The maximum absolute atomic E-state index is 14.5. The van der Waals surface area contributed by atoms with Crippen molar-refractivity contribution >= 4 is 28.2 Å². The van der Waals surface area contributed by atoms with Crippen LogP contribution in [-0.4, -0.2) is 26.7 Å². The van der Waals surface area contributed by atoms with E-state index in [1.54, 1.807) is 55.6 Å². The smallest absolute Gasteiger partial charge is 0.344 e. The summed E-state index contributed by atoms with van der Waals surface area (Å²) in [5.74, 6) is 0.156. The van der Waals surface area contributed by atoms with Gasteiger partial charge in [0.1, 0.15) is 23.5 Å². The van der Waals surface area contributed by atoms with Crippen LogP contribution in [-0.2, 0) is 0 Å². The molecule has 0 amide bonds. The Hall–Kier alpha value is -4.76. The Labute approximate surface area is 218 Å². The molecule has 0 N–H and O–H groups in total. The number of nitrogens with zero attached hydrogens (tertiary/aromatic N) is 4. The topological polar surface area (TPSA) is 91.8 Å². The van der Waals surface area contributed by atoms with Gasteiger partial charge in [0.05, 0.1) is 35.1 Å². The summed E-state index contributed by atoms with van der Waals surface area (Å²) in [6.45, 7) is 0. The molecule has 6 aromatic rings. The molecule has 0 aliphatic carbocycles. The molecule has 186 valence electrons. The van der Waals surface area contributed by atoms with Crippen LogP contribution in [0.4, 0.5) is 4.39 Å². The van der Waals surface area contributed by atoms with Gasteiger partial charge in [0.15, 0.2) is 17.2 Å². The van der Waals surface area contributed by atoms with Crippen LogP contribution in [0.5, 0.6) is 17.4 Å². The SMILES string of the molecule is COc1ccc(Cl)cc1-c1nc2c3c(ncn2n1)Oc1c(c(=O)oc2ccccc12)C3c1cccc(F)c1. The Morgan fingerprint density at radius 2 is 1.92 bits per heavy atom. The number of ether oxygens (including phenoxy) is 2. The molecule has 1 unspecified atom stereocenters. The Kier molecular flexibility index (Phi) is 4.95. The van der Waals surface area contributed by atoms with Gasteiger partial charge in [-0.2, -0.15) is 0 Å². The van der Waals surface area contributed by atoms with Gasteiger partial charge >= 0.3 is 5.63 Å². The third-order valence-electron chi connectivity index (χ3n) is 6.55. The van der Waals surface area contributed by atoms with Crippen molar-refractivity contribution in [3.63, 3.8) is 0 Å². The third kappa shape index (κ3) is 3.36. The summed E-state index contributed by atoms with van der Waals surface area (Å²) in [6.07, 6.45) is 1.48. The van der Waals surface area contributed by atoms with Crippen LogP contribution in [0.2, 0.25) is 5.02 Å². The summed E-state index contributed by atoms with van der Waals surface area (Å²) in [4.78, 5) is 22.7. The first-order valence-electron chi connectivity index (χ1n) is 11.6. The molecule has 1 aliphatic rings. The van der Waals surface area contributed by atoms with Gasteiger partial charge in [-0.3, -0.25) is 0 Å². The van der Waals surface area contributed by atoms with Crippen LogP contribution in [0.15, 0.2) is 82.3 Å². The standard InChI is InChI=1S/C28H16ClFN4O4/c1-36-19-10-9-15(29)12-18(19)25-32-26-23-21(14-5-4-6-16(30)11-14)22-24(38-27(23)31-13-34(26)33-25)17-7-2-3-8-20(17)37-28(22)35/h2-13,21H,1H3. The van der Waals surface area contributed by atoms with E-state index in [1.165, 1.54) is 23.0 Å². The minimum atomic E-state index is -0.792. The highest BCUT2D eigenvalue weighted by Crippen LogP contribution is 2.49. The van der Waals surface area contributed by atoms with E-state index < -0.39 is 17.4 Å². The van der Waals surface area contributed by atoms with E-state index in [2.05, 4.69) is 10.1 Å². The van der Waals surface area contributed by atoms with Gasteiger partial charge in [-0.25, -0.2) is 23.7 Å². The lowest BCUT2D eigenvalue weighted by molar-refractivity contribution is 0.416. The van der Waals surface area contributed by atoms with E-state index in [9.17, 15) is 9.18 Å². The van der Waals surface area contributed by atoms with Gasteiger partial charge < -0.3 is 13.9 Å². The summed E-state index contributed by atoms with van der Waals surface area (Å²) in [5, 5.41) is 5.67. The van der Waals surface area contributed by atoms with Crippen molar-refractivity contribution in [1.29, 1.82) is 0 Å². The Morgan fingerprint density at radius 1 is 1.05 bits per heavy atom. The van der Waals surface area contributed by atoms with E-state index >= 15 is 0 Å². The Bertz CT molecular complexity index is 1970. The second kappa shape index (κ2) is 8.39. The lowest BCUT2D eigenvalue weighted by Gasteiger charge is -2.27. The largest absolute Gasteiger partial charge is 0.496 e. The maximum Gasteiger partial charge on any atom is 0.344 e. The number of rotatable bonds is 3. The van der Waals surface area contributed by atoms with Crippen LogP contribution in [0, 0.1) is 5.82 Å². The number of hydrogen-bond donors (Lipinski definition) is 0. The zero-order valence-electron chi connectivity index (χ0n) is 19.7. The fraction of sp³-hybridized carbons (Fsp3) is 0.0714. The maximum atomic E-state index is 14.5. The molecule has 3 aromatic carbocycles. The van der Waals surface area contributed by atoms with Crippen molar-refractivity contribution in [2.75, 3.05) is 7.11 Å². The molecule has 1 aliphatic heterocycles. The molecular weight excluding hydrogens is 511 g/mol. The monoisotopic (exact) mass is 526 g/mol. The van der Waals surface area contributed by atoms with Crippen molar-refractivity contribution in [3.8, 4) is 28.8 Å². The summed E-state index contributed by atoms with van der Waals surface area (Å²) in [7, 11) is 1.54. The molecule has 10 heteroatoms. The van der Waals surface area contributed by atoms with Crippen LogP contribution < -0.4 is 15.1 Å². The molecule has 4 heterocycles.